The van der Waals surface area contributed by atoms with E-state index in [4.69, 9.17) is 0 Å². The van der Waals surface area contributed by atoms with E-state index in [9.17, 15) is 9.59 Å². The molecule has 3 rings (SSSR count). The molecule has 0 bridgehead atoms. The molecule has 0 unspecified atom stereocenters. The first-order valence-corrected chi connectivity index (χ1v) is 7.64. The minimum Gasteiger partial charge on any atom is -0.350 e. The molecule has 20 heavy (non-hydrogen) atoms. The van der Waals surface area contributed by atoms with Crippen LogP contribution in [0.15, 0.2) is 40.1 Å². The normalized spacial score (nSPS) is 20.6. The van der Waals surface area contributed by atoms with Crippen LogP contribution in [0.25, 0.3) is 0 Å². The summed E-state index contributed by atoms with van der Waals surface area (Å²) >= 11 is 1.34. The summed E-state index contributed by atoms with van der Waals surface area (Å²) in [6, 6.07) is 7.85. The molecule has 1 heterocycles. The van der Waals surface area contributed by atoms with Crippen molar-refractivity contribution in [2.45, 2.75) is 36.6 Å². The SMILES string of the molecule is O=C(/C=C1\Sc2ccccc2NC1=O)NC1CCCC1. The van der Waals surface area contributed by atoms with E-state index < -0.39 is 0 Å². The maximum absolute atomic E-state index is 11.9. The third-order valence-electron chi connectivity index (χ3n) is 3.54. The van der Waals surface area contributed by atoms with E-state index in [1.807, 2.05) is 24.3 Å². The minimum atomic E-state index is -0.213. The van der Waals surface area contributed by atoms with Gasteiger partial charge in [0.05, 0.1) is 10.6 Å². The summed E-state index contributed by atoms with van der Waals surface area (Å²) < 4.78 is 0. The molecule has 2 amide bonds. The predicted octanol–water partition coefficient (Wildman–Crippen LogP) is 2.67. The zero-order valence-corrected chi connectivity index (χ0v) is 11.8. The average Bonchev–Trinajstić information content (AvgIpc) is 2.92. The maximum Gasteiger partial charge on any atom is 0.262 e. The highest BCUT2D eigenvalue weighted by atomic mass is 32.2. The summed E-state index contributed by atoms with van der Waals surface area (Å²) in [6.45, 7) is 0. The van der Waals surface area contributed by atoms with Crippen LogP contribution in [0.4, 0.5) is 5.69 Å². The molecule has 0 radical (unpaired) electrons. The molecule has 1 aliphatic heterocycles. The van der Waals surface area contributed by atoms with E-state index in [2.05, 4.69) is 10.6 Å². The zero-order valence-electron chi connectivity index (χ0n) is 11.0. The molecule has 2 N–H and O–H groups in total. The number of amides is 2. The Morgan fingerprint density at radius 2 is 2.05 bits per heavy atom. The zero-order chi connectivity index (χ0) is 13.9. The quantitative estimate of drug-likeness (QED) is 0.823. The second kappa shape index (κ2) is 5.71. The van der Waals surface area contributed by atoms with Crippen molar-refractivity contribution < 1.29 is 9.59 Å². The highest BCUT2D eigenvalue weighted by Crippen LogP contribution is 2.37. The number of carbonyl (C=O) groups is 2. The van der Waals surface area contributed by atoms with Gasteiger partial charge >= 0.3 is 0 Å². The molecule has 1 saturated carbocycles. The highest BCUT2D eigenvalue weighted by molar-refractivity contribution is 8.04. The van der Waals surface area contributed by atoms with Crippen LogP contribution in [0, 0.1) is 0 Å². The fraction of sp³-hybridized carbons (Fsp3) is 0.333. The number of para-hydroxylation sites is 1. The van der Waals surface area contributed by atoms with Crippen molar-refractivity contribution in [3.8, 4) is 0 Å². The first-order valence-electron chi connectivity index (χ1n) is 6.83. The number of carbonyl (C=O) groups excluding carboxylic acids is 2. The molecule has 104 valence electrons. The smallest absolute Gasteiger partial charge is 0.262 e. The summed E-state index contributed by atoms with van der Waals surface area (Å²) in [6.07, 6.45) is 5.83. The third-order valence-corrected chi connectivity index (χ3v) is 4.64. The Balaban J connectivity index is 1.71. The summed E-state index contributed by atoms with van der Waals surface area (Å²) in [5.41, 5.74) is 0.802. The summed E-state index contributed by atoms with van der Waals surface area (Å²) in [5.74, 6) is -0.385. The number of anilines is 1. The van der Waals surface area contributed by atoms with Gasteiger partial charge in [-0.1, -0.05) is 36.7 Å². The molecular weight excluding hydrogens is 272 g/mol. The average molecular weight is 288 g/mol. The monoisotopic (exact) mass is 288 g/mol. The number of hydrogen-bond donors (Lipinski definition) is 2. The largest absolute Gasteiger partial charge is 0.350 e. The van der Waals surface area contributed by atoms with Crippen molar-refractivity contribution >= 4 is 29.3 Å². The van der Waals surface area contributed by atoms with Crippen molar-refractivity contribution in [1.29, 1.82) is 0 Å². The van der Waals surface area contributed by atoms with Crippen molar-refractivity contribution in [2.75, 3.05) is 5.32 Å². The van der Waals surface area contributed by atoms with E-state index in [-0.39, 0.29) is 17.9 Å². The van der Waals surface area contributed by atoms with Crippen LogP contribution in [-0.4, -0.2) is 17.9 Å². The van der Waals surface area contributed by atoms with E-state index in [0.717, 1.165) is 23.4 Å². The summed E-state index contributed by atoms with van der Waals surface area (Å²) in [4.78, 5) is 25.3. The Kier molecular flexibility index (Phi) is 3.78. The lowest BCUT2D eigenvalue weighted by Gasteiger charge is -2.18. The van der Waals surface area contributed by atoms with Gasteiger partial charge in [0.2, 0.25) is 5.91 Å². The van der Waals surface area contributed by atoms with Gasteiger partial charge in [0.1, 0.15) is 0 Å². The van der Waals surface area contributed by atoms with Crippen LogP contribution < -0.4 is 10.6 Å². The van der Waals surface area contributed by atoms with Crippen LogP contribution in [0.5, 0.6) is 0 Å². The van der Waals surface area contributed by atoms with Gasteiger partial charge in [-0.3, -0.25) is 9.59 Å². The molecule has 5 heteroatoms. The lowest BCUT2D eigenvalue weighted by atomic mass is 10.2. The van der Waals surface area contributed by atoms with Gasteiger partial charge in [0.15, 0.2) is 0 Å². The number of thioether (sulfide) groups is 1. The molecule has 2 aliphatic rings. The standard InChI is InChI=1S/C15H16N2O2S/c18-14(16-10-5-1-2-6-10)9-13-15(19)17-11-7-3-4-8-12(11)20-13/h3-4,7-10H,1-2,5-6H2,(H,16,18)(H,17,19)/b13-9-. The van der Waals surface area contributed by atoms with Gasteiger partial charge < -0.3 is 10.6 Å². The Bertz CT molecular complexity index is 577. The van der Waals surface area contributed by atoms with Crippen LogP contribution in [-0.2, 0) is 9.59 Å². The summed E-state index contributed by atoms with van der Waals surface area (Å²) in [5, 5.41) is 5.76. The van der Waals surface area contributed by atoms with Crippen LogP contribution in [0.1, 0.15) is 25.7 Å². The van der Waals surface area contributed by atoms with Gasteiger partial charge in [0.25, 0.3) is 5.91 Å². The Morgan fingerprint density at radius 3 is 2.85 bits per heavy atom. The van der Waals surface area contributed by atoms with E-state index >= 15 is 0 Å². The number of rotatable bonds is 2. The third kappa shape index (κ3) is 2.88. The molecule has 1 aromatic carbocycles. The van der Waals surface area contributed by atoms with Gasteiger partial charge in [-0.2, -0.15) is 0 Å². The number of hydrogen-bond acceptors (Lipinski definition) is 3. The van der Waals surface area contributed by atoms with Crippen LogP contribution in [0.3, 0.4) is 0 Å². The van der Waals surface area contributed by atoms with E-state index in [1.165, 1.54) is 30.7 Å². The Morgan fingerprint density at radius 1 is 1.30 bits per heavy atom. The molecule has 1 fully saturated rings. The van der Waals surface area contributed by atoms with Gasteiger partial charge in [-0.25, -0.2) is 0 Å². The fourth-order valence-corrected chi connectivity index (χ4v) is 3.46. The van der Waals surface area contributed by atoms with Crippen molar-refractivity contribution in [2.24, 2.45) is 0 Å². The Hall–Kier alpha value is -1.75. The van der Waals surface area contributed by atoms with Crippen LogP contribution >= 0.6 is 11.8 Å². The number of fused-ring (bicyclic) bond motifs is 1. The topological polar surface area (TPSA) is 58.2 Å². The minimum absolute atomic E-state index is 0.172. The molecule has 1 aliphatic carbocycles. The lowest BCUT2D eigenvalue weighted by Crippen LogP contribution is -2.32. The molecule has 0 atom stereocenters. The first-order chi connectivity index (χ1) is 9.72. The molecule has 0 spiro atoms. The molecule has 1 aromatic rings. The van der Waals surface area contributed by atoms with Gasteiger partial charge in [0, 0.05) is 17.0 Å². The second-order valence-corrected chi connectivity index (χ2v) is 6.13. The molecule has 0 saturated heterocycles. The summed E-state index contributed by atoms with van der Waals surface area (Å²) in [7, 11) is 0. The predicted molar refractivity (Wildman–Crippen MR) is 79.4 cm³/mol. The first kappa shape index (κ1) is 13.2. The van der Waals surface area contributed by atoms with E-state index in [0.29, 0.717) is 4.91 Å². The number of benzene rings is 1. The molecular formula is C15H16N2O2S. The van der Waals surface area contributed by atoms with Gasteiger partial charge in [-0.05, 0) is 25.0 Å². The highest BCUT2D eigenvalue weighted by Gasteiger charge is 2.22. The number of nitrogens with one attached hydrogen (secondary N) is 2. The molecule has 4 nitrogen and oxygen atoms in total. The Labute approximate surface area is 122 Å². The van der Waals surface area contributed by atoms with Crippen LogP contribution in [0.2, 0.25) is 0 Å². The van der Waals surface area contributed by atoms with Crippen molar-refractivity contribution in [1.82, 2.24) is 5.32 Å². The van der Waals surface area contributed by atoms with Crippen molar-refractivity contribution in [3.05, 3.63) is 35.2 Å². The molecule has 0 aromatic heterocycles. The lowest BCUT2D eigenvalue weighted by molar-refractivity contribution is -0.118. The second-order valence-electron chi connectivity index (χ2n) is 5.05. The van der Waals surface area contributed by atoms with Gasteiger partial charge in [-0.15, -0.1) is 0 Å². The van der Waals surface area contributed by atoms with Crippen molar-refractivity contribution in [3.63, 3.8) is 0 Å². The fourth-order valence-electron chi connectivity index (χ4n) is 2.53. The maximum atomic E-state index is 11.9. The van der Waals surface area contributed by atoms with E-state index in [1.54, 1.807) is 0 Å².